The number of hydrogen-bond acceptors (Lipinski definition) is 0. The largest absolute Gasteiger partial charge is 0.117 e. The molecule has 0 aliphatic carbocycles. The van der Waals surface area contributed by atoms with Crippen molar-refractivity contribution in [2.75, 3.05) is 0 Å². The van der Waals surface area contributed by atoms with E-state index in [9.17, 15) is 0 Å². The maximum Gasteiger partial charge on any atom is 0.0636 e. The van der Waals surface area contributed by atoms with E-state index in [-0.39, 0.29) is 5.38 Å². The highest BCUT2D eigenvalue weighted by molar-refractivity contribution is 9.10. The highest BCUT2D eigenvalue weighted by atomic mass is 79.9. The van der Waals surface area contributed by atoms with Crippen LogP contribution in [-0.2, 0) is 6.42 Å². The molecular formula is C16H16BrCl. The molecule has 18 heavy (non-hydrogen) atoms. The average molecular weight is 324 g/mol. The summed E-state index contributed by atoms with van der Waals surface area (Å²) in [5.74, 6) is 0. The number of aryl methyl sites for hydroxylation is 2. The lowest BCUT2D eigenvalue weighted by Crippen LogP contribution is -1.99. The molecule has 0 saturated carbocycles. The normalized spacial score (nSPS) is 12.4. The molecule has 0 amide bonds. The van der Waals surface area contributed by atoms with E-state index in [1.807, 2.05) is 18.2 Å². The zero-order valence-corrected chi connectivity index (χ0v) is 12.9. The molecule has 94 valence electrons. The van der Waals surface area contributed by atoms with Crippen LogP contribution in [0, 0.1) is 13.8 Å². The van der Waals surface area contributed by atoms with E-state index in [2.05, 4.69) is 54.0 Å². The fourth-order valence-corrected chi connectivity index (χ4v) is 3.10. The first kappa shape index (κ1) is 13.6. The van der Waals surface area contributed by atoms with Gasteiger partial charge in [-0.1, -0.05) is 57.9 Å². The molecule has 2 heteroatoms. The van der Waals surface area contributed by atoms with E-state index in [1.54, 1.807) is 0 Å². The Hall–Kier alpha value is -0.790. The molecule has 0 fully saturated rings. The molecule has 0 spiro atoms. The van der Waals surface area contributed by atoms with E-state index < -0.39 is 0 Å². The van der Waals surface area contributed by atoms with Crippen molar-refractivity contribution in [2.24, 2.45) is 0 Å². The fraction of sp³-hybridized carbons (Fsp3) is 0.250. The molecule has 0 nitrogen and oxygen atoms in total. The van der Waals surface area contributed by atoms with Crippen LogP contribution >= 0.6 is 27.5 Å². The number of hydrogen-bond donors (Lipinski definition) is 0. The Labute approximate surface area is 122 Å². The van der Waals surface area contributed by atoms with Gasteiger partial charge in [0.1, 0.15) is 0 Å². The maximum absolute atomic E-state index is 6.54. The molecule has 0 aromatic heterocycles. The molecule has 0 radical (unpaired) electrons. The van der Waals surface area contributed by atoms with Gasteiger partial charge >= 0.3 is 0 Å². The van der Waals surface area contributed by atoms with Crippen molar-refractivity contribution in [1.29, 1.82) is 0 Å². The Kier molecular flexibility index (Phi) is 4.47. The van der Waals surface area contributed by atoms with Gasteiger partial charge in [-0.2, -0.15) is 0 Å². The minimum Gasteiger partial charge on any atom is -0.117 e. The summed E-state index contributed by atoms with van der Waals surface area (Å²) < 4.78 is 1.08. The second kappa shape index (κ2) is 5.90. The Morgan fingerprint density at radius 1 is 1.11 bits per heavy atom. The summed E-state index contributed by atoms with van der Waals surface area (Å²) in [5.41, 5.74) is 5.07. The zero-order chi connectivity index (χ0) is 13.1. The third-order valence-electron chi connectivity index (χ3n) is 3.15. The number of rotatable bonds is 3. The standard InChI is InChI=1S/C16H16BrCl/c1-11-7-8-12(2)13(9-11)10-16(18)14-5-3-4-6-15(14)17/h3-9,16H,10H2,1-2H3. The van der Waals surface area contributed by atoms with E-state index in [0.717, 1.165) is 16.5 Å². The summed E-state index contributed by atoms with van der Waals surface area (Å²) >= 11 is 10.1. The molecule has 2 aromatic carbocycles. The molecular weight excluding hydrogens is 308 g/mol. The van der Waals surface area contributed by atoms with Gasteiger partial charge in [-0.15, -0.1) is 11.6 Å². The van der Waals surface area contributed by atoms with E-state index >= 15 is 0 Å². The lowest BCUT2D eigenvalue weighted by molar-refractivity contribution is 0.904. The Bertz CT molecular complexity index is 549. The number of alkyl halides is 1. The summed E-state index contributed by atoms with van der Waals surface area (Å²) in [7, 11) is 0. The zero-order valence-electron chi connectivity index (χ0n) is 10.6. The molecule has 0 aliphatic rings. The van der Waals surface area contributed by atoms with Crippen LogP contribution in [-0.4, -0.2) is 0 Å². The third kappa shape index (κ3) is 3.15. The van der Waals surface area contributed by atoms with Crippen LogP contribution < -0.4 is 0 Å². The topological polar surface area (TPSA) is 0 Å². The first-order valence-corrected chi connectivity index (χ1v) is 7.25. The maximum atomic E-state index is 6.54. The van der Waals surface area contributed by atoms with Gasteiger partial charge in [0, 0.05) is 4.47 Å². The molecule has 0 aliphatic heterocycles. The first-order chi connectivity index (χ1) is 8.58. The molecule has 1 atom stereocenters. The van der Waals surface area contributed by atoms with Crippen LogP contribution in [0.15, 0.2) is 46.9 Å². The van der Waals surface area contributed by atoms with Crippen LogP contribution in [0.25, 0.3) is 0 Å². The summed E-state index contributed by atoms with van der Waals surface area (Å²) in [6, 6.07) is 14.7. The van der Waals surface area contributed by atoms with E-state index in [0.29, 0.717) is 0 Å². The van der Waals surface area contributed by atoms with Crippen LogP contribution in [0.5, 0.6) is 0 Å². The third-order valence-corrected chi connectivity index (χ3v) is 4.26. The molecule has 0 N–H and O–H groups in total. The van der Waals surface area contributed by atoms with E-state index in [4.69, 9.17) is 11.6 Å². The van der Waals surface area contributed by atoms with Crippen molar-refractivity contribution in [1.82, 2.24) is 0 Å². The van der Waals surface area contributed by atoms with E-state index in [1.165, 1.54) is 16.7 Å². The molecule has 1 unspecified atom stereocenters. The second-order valence-electron chi connectivity index (χ2n) is 4.62. The van der Waals surface area contributed by atoms with Gasteiger partial charge in [-0.3, -0.25) is 0 Å². The smallest absolute Gasteiger partial charge is 0.0636 e. The Balaban J connectivity index is 2.24. The SMILES string of the molecule is Cc1ccc(C)c(CC(Cl)c2ccccc2Br)c1. The van der Waals surface area contributed by atoms with Crippen molar-refractivity contribution in [3.63, 3.8) is 0 Å². The summed E-state index contributed by atoms with van der Waals surface area (Å²) in [5, 5.41) is 0.000995. The van der Waals surface area contributed by atoms with Crippen molar-refractivity contribution in [3.05, 3.63) is 69.2 Å². The quantitative estimate of drug-likeness (QED) is 0.646. The molecule has 2 aromatic rings. The minimum atomic E-state index is 0.000995. The van der Waals surface area contributed by atoms with Crippen molar-refractivity contribution in [3.8, 4) is 0 Å². The number of halogens is 2. The fourth-order valence-electron chi connectivity index (χ4n) is 2.05. The first-order valence-electron chi connectivity index (χ1n) is 6.02. The minimum absolute atomic E-state index is 0.000995. The molecule has 2 rings (SSSR count). The predicted molar refractivity (Wildman–Crippen MR) is 82.4 cm³/mol. The van der Waals surface area contributed by atoms with Gasteiger partial charge in [0.2, 0.25) is 0 Å². The van der Waals surface area contributed by atoms with Crippen molar-refractivity contribution < 1.29 is 0 Å². The molecule has 0 heterocycles. The lowest BCUT2D eigenvalue weighted by atomic mass is 9.98. The van der Waals surface area contributed by atoms with Gasteiger partial charge in [0.05, 0.1) is 5.38 Å². The predicted octanol–water partition coefficient (Wildman–Crippen LogP) is 5.59. The van der Waals surface area contributed by atoms with Crippen LogP contribution in [0.4, 0.5) is 0 Å². The summed E-state index contributed by atoms with van der Waals surface area (Å²) in [6.07, 6.45) is 0.859. The Morgan fingerprint density at radius 3 is 2.56 bits per heavy atom. The van der Waals surface area contributed by atoms with Crippen molar-refractivity contribution >= 4 is 27.5 Å². The summed E-state index contributed by atoms with van der Waals surface area (Å²) in [6.45, 7) is 4.25. The van der Waals surface area contributed by atoms with Gasteiger partial charge in [0.15, 0.2) is 0 Å². The highest BCUT2D eigenvalue weighted by Crippen LogP contribution is 2.31. The Morgan fingerprint density at radius 2 is 1.83 bits per heavy atom. The van der Waals surface area contributed by atoms with Gasteiger partial charge < -0.3 is 0 Å². The summed E-state index contributed by atoms with van der Waals surface area (Å²) in [4.78, 5) is 0. The van der Waals surface area contributed by atoms with Crippen molar-refractivity contribution in [2.45, 2.75) is 25.6 Å². The monoisotopic (exact) mass is 322 g/mol. The average Bonchev–Trinajstić information content (AvgIpc) is 2.34. The van der Waals surface area contributed by atoms with Crippen LogP contribution in [0.2, 0.25) is 0 Å². The molecule has 0 bridgehead atoms. The van der Waals surface area contributed by atoms with Gasteiger partial charge in [-0.25, -0.2) is 0 Å². The highest BCUT2D eigenvalue weighted by Gasteiger charge is 2.13. The molecule has 0 saturated heterocycles. The lowest BCUT2D eigenvalue weighted by Gasteiger charge is -2.14. The second-order valence-corrected chi connectivity index (χ2v) is 6.00. The van der Waals surface area contributed by atoms with Crippen LogP contribution in [0.1, 0.15) is 27.6 Å². The van der Waals surface area contributed by atoms with Crippen LogP contribution in [0.3, 0.4) is 0 Å². The number of benzene rings is 2. The van der Waals surface area contributed by atoms with Gasteiger partial charge in [0.25, 0.3) is 0 Å². The van der Waals surface area contributed by atoms with Gasteiger partial charge in [-0.05, 0) is 43.0 Å².